The van der Waals surface area contributed by atoms with Crippen molar-refractivity contribution in [2.75, 3.05) is 14.2 Å². The first-order chi connectivity index (χ1) is 12.5. The molecule has 0 aliphatic carbocycles. The number of methoxy groups -OCH3 is 2. The summed E-state index contributed by atoms with van der Waals surface area (Å²) in [4.78, 5) is 11.0. The van der Waals surface area contributed by atoms with Gasteiger partial charge in [0.2, 0.25) is 0 Å². The lowest BCUT2D eigenvalue weighted by Crippen LogP contribution is -2.07. The third-order valence-corrected chi connectivity index (χ3v) is 4.20. The van der Waals surface area contributed by atoms with Crippen molar-refractivity contribution in [3.8, 4) is 17.2 Å². The number of nitro benzene ring substituents is 1. The molecule has 1 atom stereocenters. The topological polar surface area (TPSA) is 70.8 Å². The molecule has 0 aliphatic heterocycles. The quantitative estimate of drug-likeness (QED) is 0.465. The molecule has 1 unspecified atom stereocenters. The Balaban J connectivity index is 1.97. The van der Waals surface area contributed by atoms with E-state index in [9.17, 15) is 10.1 Å². The third-order valence-electron chi connectivity index (χ3n) is 4.20. The average Bonchev–Trinajstić information content (AvgIpc) is 2.66. The molecule has 0 fully saturated rings. The van der Waals surface area contributed by atoms with Crippen LogP contribution in [0.4, 0.5) is 5.69 Å². The molecular formula is C20H19NO5. The molecule has 0 spiro atoms. The molecule has 0 bridgehead atoms. The van der Waals surface area contributed by atoms with Crippen LogP contribution < -0.4 is 14.2 Å². The van der Waals surface area contributed by atoms with Crippen LogP contribution >= 0.6 is 0 Å². The first-order valence-corrected chi connectivity index (χ1v) is 8.09. The van der Waals surface area contributed by atoms with Crippen LogP contribution in [0.25, 0.3) is 10.8 Å². The summed E-state index contributed by atoms with van der Waals surface area (Å²) in [6.07, 6.45) is -0.545. The second kappa shape index (κ2) is 7.31. The van der Waals surface area contributed by atoms with E-state index in [0.29, 0.717) is 22.8 Å². The van der Waals surface area contributed by atoms with Crippen LogP contribution in [0.1, 0.15) is 18.6 Å². The molecule has 0 radical (unpaired) electrons. The Morgan fingerprint density at radius 1 is 0.923 bits per heavy atom. The van der Waals surface area contributed by atoms with E-state index in [-0.39, 0.29) is 5.69 Å². The van der Waals surface area contributed by atoms with Gasteiger partial charge in [-0.25, -0.2) is 0 Å². The van der Waals surface area contributed by atoms with Crippen molar-refractivity contribution in [2.24, 2.45) is 0 Å². The highest BCUT2D eigenvalue weighted by molar-refractivity contribution is 5.83. The van der Waals surface area contributed by atoms with Gasteiger partial charge in [-0.3, -0.25) is 10.1 Å². The lowest BCUT2D eigenvalue weighted by molar-refractivity contribution is -0.386. The van der Waals surface area contributed by atoms with Crippen molar-refractivity contribution in [3.63, 3.8) is 0 Å². The molecule has 3 aromatic carbocycles. The zero-order valence-electron chi connectivity index (χ0n) is 14.8. The van der Waals surface area contributed by atoms with Crippen molar-refractivity contribution in [1.82, 2.24) is 0 Å². The first-order valence-electron chi connectivity index (χ1n) is 8.09. The van der Waals surface area contributed by atoms with E-state index in [1.54, 1.807) is 13.0 Å². The molecule has 0 amide bonds. The maximum atomic E-state index is 11.5. The van der Waals surface area contributed by atoms with Gasteiger partial charge in [0.05, 0.1) is 30.8 Å². The third kappa shape index (κ3) is 3.39. The summed E-state index contributed by atoms with van der Waals surface area (Å²) in [5, 5.41) is 13.6. The smallest absolute Gasteiger partial charge is 0.280 e. The zero-order valence-corrected chi connectivity index (χ0v) is 14.8. The molecule has 6 nitrogen and oxygen atoms in total. The minimum absolute atomic E-state index is 0.0732. The normalized spacial score (nSPS) is 11.8. The average molecular weight is 353 g/mol. The molecule has 134 valence electrons. The fraction of sp³-hybridized carbons (Fsp3) is 0.200. The van der Waals surface area contributed by atoms with Crippen LogP contribution in [0.3, 0.4) is 0 Å². The minimum atomic E-state index is -0.545. The molecule has 0 N–H and O–H groups in total. The maximum absolute atomic E-state index is 11.5. The molecular weight excluding hydrogens is 334 g/mol. The highest BCUT2D eigenvalue weighted by atomic mass is 16.6. The molecule has 0 saturated heterocycles. The summed E-state index contributed by atoms with van der Waals surface area (Å²) in [5.41, 5.74) is 0.344. The molecule has 6 heteroatoms. The number of benzene rings is 3. The largest absolute Gasteiger partial charge is 0.493 e. The van der Waals surface area contributed by atoms with Gasteiger partial charge in [0.25, 0.3) is 5.69 Å². The molecule has 3 rings (SSSR count). The lowest BCUT2D eigenvalue weighted by atomic mass is 10.1. The van der Waals surface area contributed by atoms with E-state index in [4.69, 9.17) is 14.2 Å². The van der Waals surface area contributed by atoms with Crippen molar-refractivity contribution in [3.05, 3.63) is 70.3 Å². The maximum Gasteiger partial charge on any atom is 0.280 e. The Morgan fingerprint density at radius 2 is 1.58 bits per heavy atom. The Kier molecular flexibility index (Phi) is 4.93. The number of hydrogen-bond acceptors (Lipinski definition) is 5. The van der Waals surface area contributed by atoms with Gasteiger partial charge in [-0.05, 0) is 35.9 Å². The van der Waals surface area contributed by atoms with Gasteiger partial charge in [-0.2, -0.15) is 0 Å². The first kappa shape index (κ1) is 17.5. The second-order valence-electron chi connectivity index (χ2n) is 5.79. The van der Waals surface area contributed by atoms with Crippen LogP contribution in [0.5, 0.6) is 17.2 Å². The number of ether oxygens (including phenoxy) is 3. The number of fused-ring (bicyclic) bond motifs is 1. The predicted molar refractivity (Wildman–Crippen MR) is 99.2 cm³/mol. The highest BCUT2D eigenvalue weighted by Gasteiger charge is 2.24. The Bertz CT molecular complexity index is 954. The SMILES string of the molecule is COc1cc(C(C)Oc2ccc3ccccc3c2)c([N+](=O)[O-])cc1OC. The summed E-state index contributed by atoms with van der Waals surface area (Å²) >= 11 is 0. The second-order valence-corrected chi connectivity index (χ2v) is 5.79. The fourth-order valence-electron chi connectivity index (χ4n) is 2.88. The molecule has 26 heavy (non-hydrogen) atoms. The summed E-state index contributed by atoms with van der Waals surface area (Å²) in [6, 6.07) is 16.6. The van der Waals surface area contributed by atoms with E-state index in [0.717, 1.165) is 10.8 Å². The van der Waals surface area contributed by atoms with Gasteiger partial charge < -0.3 is 14.2 Å². The zero-order chi connectivity index (χ0) is 18.7. The van der Waals surface area contributed by atoms with Gasteiger partial charge in [0, 0.05) is 0 Å². The standard InChI is InChI=1S/C20H19NO5/c1-13(26-16-9-8-14-6-4-5-7-15(14)10-16)17-11-19(24-2)20(25-3)12-18(17)21(22)23/h4-13H,1-3H3. The molecule has 0 heterocycles. The van der Waals surface area contributed by atoms with E-state index in [2.05, 4.69) is 0 Å². The van der Waals surface area contributed by atoms with Gasteiger partial charge in [-0.15, -0.1) is 0 Å². The number of hydrogen-bond donors (Lipinski definition) is 0. The van der Waals surface area contributed by atoms with Crippen molar-refractivity contribution in [1.29, 1.82) is 0 Å². The van der Waals surface area contributed by atoms with E-state index < -0.39 is 11.0 Å². The number of nitro groups is 1. The summed E-state index contributed by atoms with van der Waals surface area (Å²) in [7, 11) is 2.93. The van der Waals surface area contributed by atoms with Gasteiger partial charge in [0.15, 0.2) is 11.5 Å². The Hall–Kier alpha value is -3.28. The number of rotatable bonds is 6. The minimum Gasteiger partial charge on any atom is -0.493 e. The van der Waals surface area contributed by atoms with Crippen molar-refractivity contribution >= 4 is 16.5 Å². The van der Waals surface area contributed by atoms with Crippen LogP contribution in [-0.4, -0.2) is 19.1 Å². The summed E-state index contributed by atoms with van der Waals surface area (Å²) in [6.45, 7) is 1.77. The predicted octanol–water partition coefficient (Wildman–Crippen LogP) is 4.91. The monoisotopic (exact) mass is 353 g/mol. The van der Waals surface area contributed by atoms with Crippen molar-refractivity contribution < 1.29 is 19.1 Å². The molecule has 3 aromatic rings. The van der Waals surface area contributed by atoms with E-state index in [1.807, 2.05) is 42.5 Å². The Labute approximate surface area is 151 Å². The molecule has 0 saturated carbocycles. The van der Waals surface area contributed by atoms with Crippen LogP contribution in [-0.2, 0) is 0 Å². The highest BCUT2D eigenvalue weighted by Crippen LogP contribution is 2.38. The lowest BCUT2D eigenvalue weighted by Gasteiger charge is -2.17. The van der Waals surface area contributed by atoms with Crippen LogP contribution in [0.2, 0.25) is 0 Å². The van der Waals surface area contributed by atoms with Crippen LogP contribution in [0, 0.1) is 10.1 Å². The van der Waals surface area contributed by atoms with E-state index in [1.165, 1.54) is 20.3 Å². The van der Waals surface area contributed by atoms with Gasteiger partial charge >= 0.3 is 0 Å². The summed E-state index contributed by atoms with van der Waals surface area (Å²) in [5.74, 6) is 1.36. The van der Waals surface area contributed by atoms with Gasteiger partial charge in [0.1, 0.15) is 11.9 Å². The fourth-order valence-corrected chi connectivity index (χ4v) is 2.88. The molecule has 0 aromatic heterocycles. The van der Waals surface area contributed by atoms with E-state index >= 15 is 0 Å². The number of nitrogens with zero attached hydrogens (tertiary/aromatic N) is 1. The molecule has 0 aliphatic rings. The summed E-state index contributed by atoms with van der Waals surface area (Å²) < 4.78 is 16.4. The van der Waals surface area contributed by atoms with Crippen LogP contribution in [0.15, 0.2) is 54.6 Å². The Morgan fingerprint density at radius 3 is 2.23 bits per heavy atom. The van der Waals surface area contributed by atoms with Crippen molar-refractivity contribution in [2.45, 2.75) is 13.0 Å². The van der Waals surface area contributed by atoms with Gasteiger partial charge in [-0.1, -0.05) is 30.3 Å².